The van der Waals surface area contributed by atoms with E-state index in [0.717, 1.165) is 36.1 Å². The molecule has 5 atom stereocenters. The van der Waals surface area contributed by atoms with E-state index in [1.807, 2.05) is 25.1 Å². The predicted octanol–water partition coefficient (Wildman–Crippen LogP) is 7.97. The number of likely N-dealkylation sites (tertiary alicyclic amines) is 2. The first-order chi connectivity index (χ1) is 24.7. The van der Waals surface area contributed by atoms with Crippen molar-refractivity contribution in [2.75, 3.05) is 26.8 Å². The normalized spacial score (nSPS) is 24.8. The van der Waals surface area contributed by atoms with Crippen LogP contribution in [0, 0.1) is 23.2 Å². The quantitative estimate of drug-likeness (QED) is 0.134. The second kappa shape index (κ2) is 17.4. The first kappa shape index (κ1) is 40.2. The van der Waals surface area contributed by atoms with Gasteiger partial charge in [-0.05, 0) is 55.6 Å². The second-order valence-corrected chi connectivity index (χ2v) is 17.5. The topological polar surface area (TPSA) is 106 Å². The van der Waals surface area contributed by atoms with Gasteiger partial charge >= 0.3 is 0 Å². The fraction of sp³-hybridized carbons (Fsp3) is 0.690. The summed E-state index contributed by atoms with van der Waals surface area (Å²) in [5, 5.41) is 5.05. The number of hydrogen-bond acceptors (Lipinski definition) is 7. The molecular weight excluding hydrogens is 678 g/mol. The van der Waals surface area contributed by atoms with Gasteiger partial charge < -0.3 is 19.4 Å². The molecule has 1 spiro atoms. The van der Waals surface area contributed by atoms with Gasteiger partial charge in [0.05, 0.1) is 30.9 Å². The van der Waals surface area contributed by atoms with E-state index in [0.29, 0.717) is 49.8 Å². The van der Waals surface area contributed by atoms with Crippen LogP contribution in [0.3, 0.4) is 0 Å². The number of carbonyl (C=O) groups excluding carboxylic acids is 4. The van der Waals surface area contributed by atoms with Crippen molar-refractivity contribution in [3.8, 4) is 0 Å². The molecule has 3 fully saturated rings. The minimum Gasteiger partial charge on any atom is -0.387 e. The van der Waals surface area contributed by atoms with Gasteiger partial charge in [-0.1, -0.05) is 107 Å². The van der Waals surface area contributed by atoms with E-state index in [-0.39, 0.29) is 37.1 Å². The molecule has 3 aliphatic heterocycles. The maximum absolute atomic E-state index is 14.9. The third kappa shape index (κ3) is 9.54. The Morgan fingerprint density at radius 1 is 1.08 bits per heavy atom. The Morgan fingerprint density at radius 3 is 2.50 bits per heavy atom. The molecule has 10 heteroatoms. The highest BCUT2D eigenvalue weighted by atomic mass is 35.5. The molecule has 0 radical (unpaired) electrons. The van der Waals surface area contributed by atoms with E-state index in [9.17, 15) is 19.2 Å². The zero-order valence-corrected chi connectivity index (χ0v) is 32.8. The summed E-state index contributed by atoms with van der Waals surface area (Å²) in [7, 11) is 1.59. The average molecular weight is 738 g/mol. The minimum atomic E-state index is -0.891. The number of oxime groups is 1. The SMILES string of the molecule is C=C(CC1CCCCC1)C[C@H](C(=O)N1C[C@@]2(CC(c3cccc(Cl)c3)=NO2)C[C@H]1C(=O)C[C@@H](CCC)C(=O)C(=O)N1CCC[C@H]1COC)C(C)(C)C. The molecule has 5 rings (SSSR count). The van der Waals surface area contributed by atoms with Crippen LogP contribution < -0.4 is 0 Å². The Balaban J connectivity index is 1.39. The molecule has 4 aliphatic rings. The van der Waals surface area contributed by atoms with Crippen molar-refractivity contribution in [3.05, 3.63) is 47.0 Å². The largest absolute Gasteiger partial charge is 0.387 e. The van der Waals surface area contributed by atoms with Gasteiger partial charge in [0.15, 0.2) is 11.4 Å². The number of allylic oxidation sites excluding steroid dienone is 1. The van der Waals surface area contributed by atoms with Crippen molar-refractivity contribution >= 4 is 40.7 Å². The number of carbonyl (C=O) groups is 4. The molecule has 1 aliphatic carbocycles. The van der Waals surface area contributed by atoms with Crippen molar-refractivity contribution in [2.45, 2.75) is 135 Å². The van der Waals surface area contributed by atoms with Gasteiger partial charge in [0.2, 0.25) is 11.7 Å². The number of Topliss-reactive ketones (excluding diaryl/α,β-unsaturated/α-hetero) is 2. The third-order valence-electron chi connectivity index (χ3n) is 11.9. The first-order valence-electron chi connectivity index (χ1n) is 19.6. The van der Waals surface area contributed by atoms with Crippen LogP contribution in [0.5, 0.6) is 0 Å². The summed E-state index contributed by atoms with van der Waals surface area (Å²) in [6.07, 6.45) is 10.9. The summed E-state index contributed by atoms with van der Waals surface area (Å²) in [6.45, 7) is 13.7. The number of halogens is 1. The monoisotopic (exact) mass is 737 g/mol. The van der Waals surface area contributed by atoms with Gasteiger partial charge in [-0.25, -0.2) is 0 Å². The molecule has 1 aromatic rings. The average Bonchev–Trinajstić information content (AvgIpc) is 3.85. The summed E-state index contributed by atoms with van der Waals surface area (Å²) >= 11 is 6.31. The maximum atomic E-state index is 14.9. The predicted molar refractivity (Wildman–Crippen MR) is 204 cm³/mol. The number of ether oxygens (including phenoxy) is 1. The van der Waals surface area contributed by atoms with Gasteiger partial charge in [-0.15, -0.1) is 0 Å². The number of amides is 2. The van der Waals surface area contributed by atoms with Crippen LogP contribution in [0.2, 0.25) is 5.02 Å². The van der Waals surface area contributed by atoms with Crippen LogP contribution in [-0.4, -0.2) is 83.4 Å². The molecule has 52 heavy (non-hydrogen) atoms. The molecule has 0 bridgehead atoms. The van der Waals surface area contributed by atoms with Crippen molar-refractivity contribution in [2.24, 2.45) is 28.3 Å². The number of rotatable bonds is 15. The summed E-state index contributed by atoms with van der Waals surface area (Å²) in [4.78, 5) is 66.3. The molecule has 0 unspecified atom stereocenters. The van der Waals surface area contributed by atoms with Crippen LogP contribution in [0.15, 0.2) is 41.6 Å². The number of methoxy groups -OCH3 is 1. The van der Waals surface area contributed by atoms with E-state index in [1.165, 1.54) is 32.1 Å². The molecule has 0 aromatic heterocycles. The fourth-order valence-corrected chi connectivity index (χ4v) is 9.17. The molecule has 2 saturated heterocycles. The lowest BCUT2D eigenvalue weighted by Crippen LogP contribution is -2.48. The van der Waals surface area contributed by atoms with E-state index in [2.05, 4.69) is 32.5 Å². The van der Waals surface area contributed by atoms with Gasteiger partial charge in [0, 0.05) is 55.3 Å². The fourth-order valence-electron chi connectivity index (χ4n) is 8.98. The summed E-state index contributed by atoms with van der Waals surface area (Å²) in [5.41, 5.74) is 1.36. The molecule has 2 amide bonds. The number of ketones is 2. The summed E-state index contributed by atoms with van der Waals surface area (Å²) in [6, 6.07) is 6.48. The lowest BCUT2D eigenvalue weighted by Gasteiger charge is -2.36. The highest BCUT2D eigenvalue weighted by Gasteiger charge is 2.55. The van der Waals surface area contributed by atoms with Crippen molar-refractivity contribution in [1.82, 2.24) is 9.80 Å². The molecule has 3 heterocycles. The Bertz CT molecular complexity index is 1510. The number of benzene rings is 1. The van der Waals surface area contributed by atoms with Crippen molar-refractivity contribution < 1.29 is 28.8 Å². The highest BCUT2D eigenvalue weighted by Crippen LogP contribution is 2.43. The zero-order chi connectivity index (χ0) is 37.6. The lowest BCUT2D eigenvalue weighted by atomic mass is 9.74. The smallest absolute Gasteiger partial charge is 0.290 e. The molecular formula is C42H60ClN3O6. The van der Waals surface area contributed by atoms with Crippen LogP contribution in [0.25, 0.3) is 0 Å². The van der Waals surface area contributed by atoms with E-state index < -0.39 is 40.6 Å². The van der Waals surface area contributed by atoms with Crippen LogP contribution >= 0.6 is 11.6 Å². The number of nitrogens with zero attached hydrogens (tertiary/aromatic N) is 3. The standard InChI is InChI=1S/C42H60ClN3O6/c1-7-13-31(38(48)40(50)45-19-12-18-33(45)26-51-6)23-37(47)36-25-42(24-35(44-52-42)30-16-11-17-32(43)22-30)27-46(36)39(49)34(41(3,4)5)21-28(2)20-29-14-9-8-10-15-29/h11,16-17,22,29,31,33-34,36H,2,7-10,12-15,18-21,23-27H2,1,3-6H3/t31-,33+,34-,36+,42-/m1/s1. The van der Waals surface area contributed by atoms with Crippen LogP contribution in [0.1, 0.15) is 123 Å². The first-order valence-corrected chi connectivity index (χ1v) is 20.0. The van der Waals surface area contributed by atoms with Crippen molar-refractivity contribution in [3.63, 3.8) is 0 Å². The molecule has 1 saturated carbocycles. The molecule has 286 valence electrons. The third-order valence-corrected chi connectivity index (χ3v) is 12.1. The van der Waals surface area contributed by atoms with E-state index >= 15 is 0 Å². The highest BCUT2D eigenvalue weighted by molar-refractivity contribution is 6.37. The van der Waals surface area contributed by atoms with Crippen LogP contribution in [0.4, 0.5) is 0 Å². The second-order valence-electron chi connectivity index (χ2n) is 17.0. The van der Waals surface area contributed by atoms with Gasteiger partial charge in [0.25, 0.3) is 5.91 Å². The lowest BCUT2D eigenvalue weighted by molar-refractivity contribution is -0.149. The van der Waals surface area contributed by atoms with Crippen LogP contribution in [-0.2, 0) is 28.8 Å². The Hall–Kier alpha value is -3.04. The number of hydrogen-bond donors (Lipinski definition) is 0. The van der Waals surface area contributed by atoms with Crippen molar-refractivity contribution in [1.29, 1.82) is 0 Å². The molecule has 1 aromatic carbocycles. The summed E-state index contributed by atoms with van der Waals surface area (Å²) in [5.74, 6) is -1.93. The molecule has 9 nitrogen and oxygen atoms in total. The zero-order valence-electron chi connectivity index (χ0n) is 32.1. The Morgan fingerprint density at radius 2 is 1.83 bits per heavy atom. The Labute approximate surface area is 315 Å². The van der Waals surface area contributed by atoms with E-state index in [1.54, 1.807) is 23.0 Å². The molecule has 0 N–H and O–H groups in total. The maximum Gasteiger partial charge on any atom is 0.290 e. The Kier molecular flexibility index (Phi) is 13.4. The van der Waals surface area contributed by atoms with Gasteiger partial charge in [-0.2, -0.15) is 0 Å². The van der Waals surface area contributed by atoms with E-state index in [4.69, 9.17) is 21.2 Å². The van der Waals surface area contributed by atoms with Gasteiger partial charge in [0.1, 0.15) is 0 Å². The van der Waals surface area contributed by atoms with Gasteiger partial charge in [-0.3, -0.25) is 19.2 Å². The summed E-state index contributed by atoms with van der Waals surface area (Å²) < 4.78 is 5.32. The minimum absolute atomic E-state index is 0.0961.